The van der Waals surface area contributed by atoms with Gasteiger partial charge < -0.3 is 39.4 Å². The molecule has 55 heavy (non-hydrogen) atoms. The highest BCUT2D eigenvalue weighted by Gasteiger charge is 2.44. The van der Waals surface area contributed by atoms with Gasteiger partial charge in [0, 0.05) is 12.8 Å². The summed E-state index contributed by atoms with van der Waals surface area (Å²) in [6.07, 6.45) is 30.7. The number of unbranched alkanes of at least 4 members (excludes halogenated alkanes) is 25. The van der Waals surface area contributed by atoms with Crippen LogP contribution in [-0.2, 0) is 28.5 Å². The fourth-order valence-electron chi connectivity index (χ4n) is 6.99. The second-order valence-electron chi connectivity index (χ2n) is 15.9. The lowest BCUT2D eigenvalue weighted by atomic mass is 9.99. The first-order valence-corrected chi connectivity index (χ1v) is 22.8. The Balaban J connectivity index is 2.31. The Hall–Kier alpha value is -1.56. The molecule has 0 saturated carbocycles. The molecule has 0 spiro atoms. The number of allylic oxidation sites excluding steroid dienone is 2. The molecular weight excluding hydrogens is 700 g/mol. The van der Waals surface area contributed by atoms with Crippen LogP contribution in [0, 0.1) is 0 Å². The van der Waals surface area contributed by atoms with Gasteiger partial charge in [0.2, 0.25) is 0 Å². The van der Waals surface area contributed by atoms with Crippen LogP contribution in [0.1, 0.15) is 206 Å². The maximum absolute atomic E-state index is 12.8. The molecule has 0 aromatic heterocycles. The molecule has 1 saturated heterocycles. The predicted molar refractivity (Wildman–Crippen MR) is 220 cm³/mol. The Morgan fingerprint density at radius 1 is 0.545 bits per heavy atom. The number of rotatable bonds is 38. The summed E-state index contributed by atoms with van der Waals surface area (Å²) in [5.74, 6) is -0.799. The third-order valence-electron chi connectivity index (χ3n) is 10.7. The Morgan fingerprint density at radius 3 is 1.47 bits per heavy atom. The van der Waals surface area contributed by atoms with Crippen LogP contribution >= 0.6 is 0 Å². The largest absolute Gasteiger partial charge is 0.462 e. The lowest BCUT2D eigenvalue weighted by molar-refractivity contribution is -0.305. The van der Waals surface area contributed by atoms with Crippen LogP contribution in [0.15, 0.2) is 12.2 Å². The van der Waals surface area contributed by atoms with Gasteiger partial charge in [-0.3, -0.25) is 9.59 Å². The molecule has 0 aliphatic carbocycles. The van der Waals surface area contributed by atoms with Crippen molar-refractivity contribution in [2.75, 3.05) is 19.8 Å². The van der Waals surface area contributed by atoms with Gasteiger partial charge in [0.05, 0.1) is 13.2 Å². The zero-order valence-corrected chi connectivity index (χ0v) is 35.2. The van der Waals surface area contributed by atoms with Crippen LogP contribution in [0.4, 0.5) is 0 Å². The zero-order chi connectivity index (χ0) is 40.2. The van der Waals surface area contributed by atoms with E-state index in [4.69, 9.17) is 18.9 Å². The van der Waals surface area contributed by atoms with Crippen molar-refractivity contribution >= 4 is 11.9 Å². The van der Waals surface area contributed by atoms with E-state index >= 15 is 0 Å². The quantitative estimate of drug-likeness (QED) is 0.0271. The van der Waals surface area contributed by atoms with Gasteiger partial charge >= 0.3 is 11.9 Å². The second kappa shape index (κ2) is 36.8. The number of hydrogen-bond acceptors (Lipinski definition) is 10. The molecule has 1 rings (SSSR count). The average molecular weight is 785 g/mol. The van der Waals surface area contributed by atoms with Crippen molar-refractivity contribution in [3.8, 4) is 0 Å². The first-order valence-electron chi connectivity index (χ1n) is 22.8. The molecular formula is C45H84O10. The lowest BCUT2D eigenvalue weighted by Crippen LogP contribution is -2.59. The van der Waals surface area contributed by atoms with Crippen molar-refractivity contribution in [1.29, 1.82) is 0 Å². The van der Waals surface area contributed by atoms with Gasteiger partial charge in [-0.2, -0.15) is 0 Å². The summed E-state index contributed by atoms with van der Waals surface area (Å²) < 4.78 is 22.2. The smallest absolute Gasteiger partial charge is 0.306 e. The van der Waals surface area contributed by atoms with E-state index in [0.29, 0.717) is 6.42 Å². The van der Waals surface area contributed by atoms with Crippen molar-refractivity contribution < 1.29 is 49.0 Å². The highest BCUT2D eigenvalue weighted by molar-refractivity contribution is 5.70. The first kappa shape index (κ1) is 51.5. The van der Waals surface area contributed by atoms with Gasteiger partial charge in [-0.25, -0.2) is 0 Å². The number of aliphatic hydroxyl groups is 4. The summed E-state index contributed by atoms with van der Waals surface area (Å²) in [5, 5.41) is 40.1. The topological polar surface area (TPSA) is 152 Å². The van der Waals surface area contributed by atoms with Gasteiger partial charge in [0.1, 0.15) is 31.0 Å². The molecule has 0 radical (unpaired) electrons. The average Bonchev–Trinajstić information content (AvgIpc) is 3.18. The van der Waals surface area contributed by atoms with E-state index in [2.05, 4.69) is 26.0 Å². The molecule has 4 N–H and O–H groups in total. The summed E-state index contributed by atoms with van der Waals surface area (Å²) in [6.45, 7) is 3.41. The van der Waals surface area contributed by atoms with Crippen molar-refractivity contribution in [2.45, 2.75) is 243 Å². The number of carbonyl (C=O) groups excluding carboxylic acids is 2. The van der Waals surface area contributed by atoms with Crippen molar-refractivity contribution in [3.63, 3.8) is 0 Å². The van der Waals surface area contributed by atoms with Gasteiger partial charge in [-0.05, 0) is 32.1 Å². The molecule has 10 heteroatoms. The van der Waals surface area contributed by atoms with E-state index in [1.165, 1.54) is 135 Å². The summed E-state index contributed by atoms with van der Waals surface area (Å²) >= 11 is 0. The monoisotopic (exact) mass is 785 g/mol. The number of aliphatic hydroxyl groups excluding tert-OH is 4. The van der Waals surface area contributed by atoms with E-state index in [1.54, 1.807) is 0 Å². The molecule has 6 atom stereocenters. The highest BCUT2D eigenvalue weighted by atomic mass is 16.7. The normalized spacial score (nSPS) is 20.6. The minimum absolute atomic E-state index is 0.212. The van der Waals surface area contributed by atoms with E-state index in [9.17, 15) is 30.0 Å². The lowest BCUT2D eigenvalue weighted by Gasteiger charge is -2.39. The summed E-state index contributed by atoms with van der Waals surface area (Å²) in [7, 11) is 0. The minimum Gasteiger partial charge on any atom is -0.462 e. The maximum atomic E-state index is 12.8. The number of carbonyl (C=O) groups is 2. The first-order chi connectivity index (χ1) is 26.8. The Labute approximate surface area is 335 Å². The molecule has 1 heterocycles. The van der Waals surface area contributed by atoms with Gasteiger partial charge in [-0.1, -0.05) is 174 Å². The summed E-state index contributed by atoms with van der Waals surface area (Å²) in [4.78, 5) is 25.3. The third-order valence-corrected chi connectivity index (χ3v) is 10.7. The SMILES string of the molecule is CCCC/C=C/CCCCCCCCCCCC(=O)O[C@@H](COC(=O)CCCCCCCCCCCCCCCCC)CO[C@H]1O[C@@H](CO)[C@@H](O)C(O)C1O. The van der Waals surface area contributed by atoms with Crippen LogP contribution < -0.4 is 0 Å². The number of esters is 2. The van der Waals surface area contributed by atoms with Crippen LogP contribution in [-0.4, -0.2) is 89.0 Å². The molecule has 1 fully saturated rings. The summed E-state index contributed by atoms with van der Waals surface area (Å²) in [6, 6.07) is 0. The van der Waals surface area contributed by atoms with Crippen molar-refractivity contribution in [2.24, 2.45) is 0 Å². The summed E-state index contributed by atoms with van der Waals surface area (Å²) in [5.41, 5.74) is 0. The highest BCUT2D eigenvalue weighted by Crippen LogP contribution is 2.23. The molecule has 10 nitrogen and oxygen atoms in total. The van der Waals surface area contributed by atoms with Crippen molar-refractivity contribution in [3.05, 3.63) is 12.2 Å². The zero-order valence-electron chi connectivity index (χ0n) is 35.2. The molecule has 0 bridgehead atoms. The second-order valence-corrected chi connectivity index (χ2v) is 15.9. The van der Waals surface area contributed by atoms with E-state index in [0.717, 1.165) is 38.5 Å². The standard InChI is InChI=1S/C45H84O10/c1-3-5-7-9-11-13-15-17-19-21-23-25-27-29-31-33-40(47)52-36-38(37-53-45-44(51)43(50)42(49)39(35-46)55-45)54-41(48)34-32-30-28-26-24-22-20-18-16-14-12-10-8-6-4-2/h10,12,38-39,42-46,49-51H,3-9,11,13-37H2,1-2H3/b12-10+/t38-,39-,42+,43?,44?,45-/m0/s1. The molecule has 2 unspecified atom stereocenters. The minimum atomic E-state index is -1.59. The Bertz CT molecular complexity index is 912. The predicted octanol–water partition coefficient (Wildman–Crippen LogP) is 9.56. The van der Waals surface area contributed by atoms with Gasteiger partial charge in [0.25, 0.3) is 0 Å². The van der Waals surface area contributed by atoms with Crippen LogP contribution in [0.25, 0.3) is 0 Å². The third kappa shape index (κ3) is 28.5. The van der Waals surface area contributed by atoms with E-state index in [-0.39, 0.29) is 32.0 Å². The van der Waals surface area contributed by atoms with Crippen LogP contribution in [0.5, 0.6) is 0 Å². The van der Waals surface area contributed by atoms with Gasteiger partial charge in [0.15, 0.2) is 12.4 Å². The maximum Gasteiger partial charge on any atom is 0.306 e. The fraction of sp³-hybridized carbons (Fsp3) is 0.911. The Morgan fingerprint density at radius 2 is 0.982 bits per heavy atom. The molecule has 1 aliphatic heterocycles. The van der Waals surface area contributed by atoms with Crippen molar-refractivity contribution in [1.82, 2.24) is 0 Å². The van der Waals surface area contributed by atoms with Crippen LogP contribution in [0.3, 0.4) is 0 Å². The van der Waals surface area contributed by atoms with E-state index < -0.39 is 49.4 Å². The molecule has 0 aromatic rings. The molecule has 1 aliphatic rings. The Kier molecular flexibility index (Phi) is 34.4. The number of hydrogen-bond donors (Lipinski definition) is 4. The molecule has 324 valence electrons. The fourth-order valence-corrected chi connectivity index (χ4v) is 6.99. The number of ether oxygens (including phenoxy) is 4. The molecule has 0 aromatic carbocycles. The molecule has 0 amide bonds. The van der Waals surface area contributed by atoms with Crippen LogP contribution in [0.2, 0.25) is 0 Å². The van der Waals surface area contributed by atoms with Gasteiger partial charge in [-0.15, -0.1) is 0 Å². The van der Waals surface area contributed by atoms with E-state index in [1.807, 2.05) is 0 Å².